The number of rotatable bonds is 4. The van der Waals surface area contributed by atoms with Gasteiger partial charge in [0.15, 0.2) is 0 Å². The predicted octanol–water partition coefficient (Wildman–Crippen LogP) is 5.25. The van der Waals surface area contributed by atoms with Crippen molar-refractivity contribution >= 4 is 40.8 Å². The average molecular weight is 335 g/mol. The Morgan fingerprint density at radius 2 is 1.95 bits per heavy atom. The molecule has 0 aliphatic rings. The Morgan fingerprint density at radius 1 is 1.20 bits per heavy atom. The van der Waals surface area contributed by atoms with Crippen LogP contribution >= 0.6 is 35.0 Å². The smallest absolute Gasteiger partial charge is 0.146 e. The first-order valence-electron chi connectivity index (χ1n) is 5.74. The van der Waals surface area contributed by atoms with Crippen LogP contribution in [0, 0.1) is 11.6 Å². The van der Waals surface area contributed by atoms with Crippen molar-refractivity contribution in [2.45, 2.75) is 16.8 Å². The van der Waals surface area contributed by atoms with Gasteiger partial charge in [-0.15, -0.1) is 0 Å². The number of aromatic nitrogens is 1. The number of hydrogen-bond donors (Lipinski definition) is 1. The van der Waals surface area contributed by atoms with E-state index in [2.05, 4.69) is 10.3 Å². The van der Waals surface area contributed by atoms with E-state index in [-0.39, 0.29) is 4.90 Å². The summed E-state index contributed by atoms with van der Waals surface area (Å²) in [6, 6.07) is 4.88. The molecule has 0 spiro atoms. The fourth-order valence-electron chi connectivity index (χ4n) is 1.47. The average Bonchev–Trinajstić information content (AvgIpc) is 2.38. The molecule has 1 aromatic carbocycles. The van der Waals surface area contributed by atoms with Gasteiger partial charge in [0, 0.05) is 17.5 Å². The minimum atomic E-state index is -0.659. The molecule has 0 unspecified atom stereocenters. The maximum absolute atomic E-state index is 13.6. The molecule has 1 aromatic heterocycles. The van der Waals surface area contributed by atoms with Crippen molar-refractivity contribution in [2.75, 3.05) is 11.9 Å². The summed E-state index contributed by atoms with van der Waals surface area (Å²) in [6.45, 7) is 2.54. The highest BCUT2D eigenvalue weighted by Gasteiger charge is 2.13. The highest BCUT2D eigenvalue weighted by molar-refractivity contribution is 7.99. The topological polar surface area (TPSA) is 24.9 Å². The van der Waals surface area contributed by atoms with Crippen LogP contribution < -0.4 is 5.32 Å². The summed E-state index contributed by atoms with van der Waals surface area (Å²) in [6.07, 6.45) is 0. The van der Waals surface area contributed by atoms with E-state index in [0.717, 1.165) is 17.8 Å². The van der Waals surface area contributed by atoms with Crippen molar-refractivity contribution in [3.8, 4) is 0 Å². The van der Waals surface area contributed by atoms with Crippen LogP contribution in [0.3, 0.4) is 0 Å². The lowest BCUT2D eigenvalue weighted by molar-refractivity contribution is 0.565. The molecule has 2 aromatic rings. The van der Waals surface area contributed by atoms with Gasteiger partial charge in [0.1, 0.15) is 22.5 Å². The van der Waals surface area contributed by atoms with E-state index in [1.54, 1.807) is 0 Å². The molecule has 0 radical (unpaired) electrons. The molecule has 0 fully saturated rings. The Labute approximate surface area is 129 Å². The van der Waals surface area contributed by atoms with Crippen LogP contribution in [-0.2, 0) is 0 Å². The summed E-state index contributed by atoms with van der Waals surface area (Å²) in [5.41, 5.74) is 0. The largest absolute Gasteiger partial charge is 0.369 e. The zero-order valence-electron chi connectivity index (χ0n) is 10.4. The van der Waals surface area contributed by atoms with Crippen LogP contribution in [0.4, 0.5) is 14.6 Å². The third kappa shape index (κ3) is 3.53. The fourth-order valence-corrected chi connectivity index (χ4v) is 2.81. The van der Waals surface area contributed by atoms with Gasteiger partial charge in [0.25, 0.3) is 0 Å². The molecule has 20 heavy (non-hydrogen) atoms. The van der Waals surface area contributed by atoms with E-state index in [1.807, 2.05) is 6.92 Å². The van der Waals surface area contributed by atoms with Crippen LogP contribution in [0.1, 0.15) is 6.92 Å². The van der Waals surface area contributed by atoms with Crippen molar-refractivity contribution in [2.24, 2.45) is 0 Å². The third-order valence-corrected chi connectivity index (χ3v) is 4.09. The van der Waals surface area contributed by atoms with Crippen molar-refractivity contribution in [1.29, 1.82) is 0 Å². The number of hydrogen-bond acceptors (Lipinski definition) is 3. The monoisotopic (exact) mass is 334 g/mol. The van der Waals surface area contributed by atoms with Gasteiger partial charge >= 0.3 is 0 Å². The Kier molecular flexibility index (Phi) is 5.07. The summed E-state index contributed by atoms with van der Waals surface area (Å²) in [5, 5.41) is 4.08. The highest BCUT2D eigenvalue weighted by atomic mass is 35.5. The van der Waals surface area contributed by atoms with Crippen LogP contribution in [0.2, 0.25) is 10.0 Å². The van der Waals surface area contributed by atoms with Gasteiger partial charge in [-0.05, 0) is 25.1 Å². The van der Waals surface area contributed by atoms with Gasteiger partial charge in [0.05, 0.1) is 10.0 Å². The van der Waals surface area contributed by atoms with Crippen LogP contribution in [0.25, 0.3) is 0 Å². The van der Waals surface area contributed by atoms with Crippen LogP contribution in [-0.4, -0.2) is 11.5 Å². The molecule has 0 aliphatic heterocycles. The minimum Gasteiger partial charge on any atom is -0.369 e. The lowest BCUT2D eigenvalue weighted by Crippen LogP contribution is -2.01. The number of nitrogens with one attached hydrogen (secondary N) is 1. The van der Waals surface area contributed by atoms with E-state index in [4.69, 9.17) is 23.2 Å². The molecule has 0 bridgehead atoms. The third-order valence-electron chi connectivity index (χ3n) is 2.34. The Balaban J connectivity index is 2.35. The maximum Gasteiger partial charge on any atom is 0.146 e. The molecule has 0 atom stereocenters. The van der Waals surface area contributed by atoms with Crippen LogP contribution in [0.15, 0.2) is 34.2 Å². The number of nitrogens with zero attached hydrogens (tertiary/aromatic N) is 1. The maximum atomic E-state index is 13.6. The first kappa shape index (κ1) is 15.4. The minimum absolute atomic E-state index is 0.241. The second-order valence-corrected chi connectivity index (χ2v) is 5.66. The SMILES string of the molecule is CCNc1nc(Sc2ccc(F)cc2F)c(Cl)cc1Cl. The quantitative estimate of drug-likeness (QED) is 0.826. The van der Waals surface area contributed by atoms with Gasteiger partial charge in [-0.2, -0.15) is 0 Å². The van der Waals surface area contributed by atoms with E-state index in [1.165, 1.54) is 18.2 Å². The number of anilines is 1. The van der Waals surface area contributed by atoms with E-state index >= 15 is 0 Å². The molecule has 0 aliphatic carbocycles. The molecular formula is C13H10Cl2F2N2S. The molecule has 2 nitrogen and oxygen atoms in total. The summed E-state index contributed by atoms with van der Waals surface area (Å²) in [7, 11) is 0. The van der Waals surface area contributed by atoms with Crippen molar-refractivity contribution < 1.29 is 8.78 Å². The summed E-state index contributed by atoms with van der Waals surface area (Å²) >= 11 is 13.1. The zero-order chi connectivity index (χ0) is 14.7. The standard InChI is InChI=1S/C13H10Cl2F2N2S/c1-2-18-12-8(14)6-9(15)13(19-12)20-11-4-3-7(16)5-10(11)17/h3-6H,2H2,1H3,(H,18,19). The first-order chi connectivity index (χ1) is 9.51. The van der Waals surface area contributed by atoms with Crippen LogP contribution in [0.5, 0.6) is 0 Å². The Morgan fingerprint density at radius 3 is 2.60 bits per heavy atom. The second kappa shape index (κ2) is 6.61. The molecule has 0 saturated carbocycles. The molecule has 1 N–H and O–H groups in total. The van der Waals surface area contributed by atoms with E-state index in [9.17, 15) is 8.78 Å². The molecular weight excluding hydrogens is 325 g/mol. The number of halogens is 4. The van der Waals surface area contributed by atoms with Crippen molar-refractivity contribution in [3.63, 3.8) is 0 Å². The van der Waals surface area contributed by atoms with E-state index < -0.39 is 11.6 Å². The second-order valence-electron chi connectivity index (χ2n) is 3.81. The lowest BCUT2D eigenvalue weighted by atomic mass is 10.3. The summed E-state index contributed by atoms with van der Waals surface area (Å²) in [5.74, 6) is -0.813. The lowest BCUT2D eigenvalue weighted by Gasteiger charge is -2.10. The first-order valence-corrected chi connectivity index (χ1v) is 7.31. The summed E-state index contributed by atoms with van der Waals surface area (Å²) < 4.78 is 26.5. The number of benzene rings is 1. The van der Waals surface area contributed by atoms with Crippen molar-refractivity contribution in [1.82, 2.24) is 4.98 Å². The van der Waals surface area contributed by atoms with Gasteiger partial charge in [-0.3, -0.25) is 0 Å². The molecule has 0 amide bonds. The fraction of sp³-hybridized carbons (Fsp3) is 0.154. The van der Waals surface area contributed by atoms with Crippen molar-refractivity contribution in [3.05, 3.63) is 45.9 Å². The van der Waals surface area contributed by atoms with Gasteiger partial charge < -0.3 is 5.32 Å². The molecule has 2 rings (SSSR count). The van der Waals surface area contributed by atoms with Gasteiger partial charge in [-0.1, -0.05) is 35.0 Å². The summed E-state index contributed by atoms with van der Waals surface area (Å²) in [4.78, 5) is 4.49. The number of pyridine rings is 1. The van der Waals surface area contributed by atoms with Gasteiger partial charge in [-0.25, -0.2) is 13.8 Å². The Hall–Kier alpha value is -1.04. The predicted molar refractivity (Wildman–Crippen MR) is 78.9 cm³/mol. The zero-order valence-corrected chi connectivity index (χ0v) is 12.7. The molecule has 106 valence electrons. The Bertz CT molecular complexity index is 638. The molecule has 0 saturated heterocycles. The molecule has 1 heterocycles. The highest BCUT2D eigenvalue weighted by Crippen LogP contribution is 2.36. The molecule has 7 heteroatoms. The van der Waals surface area contributed by atoms with E-state index in [0.29, 0.717) is 27.4 Å². The normalized spacial score (nSPS) is 10.7. The van der Waals surface area contributed by atoms with Gasteiger partial charge in [0.2, 0.25) is 0 Å².